The summed E-state index contributed by atoms with van der Waals surface area (Å²) in [5.74, 6) is -8.82. The maximum atomic E-state index is 14.4. The number of hydrogen-bond acceptors (Lipinski definition) is 6. The maximum Gasteiger partial charge on any atom is 0.255 e. The minimum Gasteiger partial charge on any atom is -0.496 e. The average Bonchev–Trinajstić information content (AvgIpc) is 3.08. The number of halogens is 4. The number of nitrogens with zero attached hydrogens (tertiary/aromatic N) is 1. The number of amides is 1. The van der Waals surface area contributed by atoms with E-state index in [1.54, 1.807) is 43.5 Å². The largest absolute Gasteiger partial charge is 0.496 e. The van der Waals surface area contributed by atoms with Gasteiger partial charge in [-0.2, -0.15) is 8.78 Å². The number of rotatable bonds is 8. The van der Waals surface area contributed by atoms with E-state index < -0.39 is 47.5 Å². The zero-order valence-electron chi connectivity index (χ0n) is 26.3. The predicted octanol–water partition coefficient (Wildman–Crippen LogP) is 7.53. The molecule has 3 aromatic carbocycles. The summed E-state index contributed by atoms with van der Waals surface area (Å²) in [5, 5.41) is 6.17. The molecule has 1 aliphatic heterocycles. The molecule has 2 heterocycles. The van der Waals surface area contributed by atoms with Crippen LogP contribution in [0.25, 0.3) is 0 Å². The van der Waals surface area contributed by atoms with Crippen LogP contribution in [0.4, 0.5) is 23.4 Å². The van der Waals surface area contributed by atoms with Gasteiger partial charge in [0.1, 0.15) is 18.2 Å². The number of aromatic nitrogens is 1. The van der Waals surface area contributed by atoms with Crippen molar-refractivity contribution >= 4 is 17.5 Å². The van der Waals surface area contributed by atoms with Crippen molar-refractivity contribution in [2.24, 2.45) is 0 Å². The van der Waals surface area contributed by atoms with E-state index in [1.165, 1.54) is 7.11 Å². The zero-order chi connectivity index (χ0) is 34.1. The van der Waals surface area contributed by atoms with Crippen LogP contribution in [0, 0.1) is 30.2 Å². The molecule has 0 saturated heterocycles. The highest BCUT2D eigenvalue weighted by atomic mass is 19.2. The number of anilines is 1. The molecule has 2 atom stereocenters. The number of carbonyl (C=O) groups excluding carboxylic acids is 2. The Balaban J connectivity index is 1.42. The van der Waals surface area contributed by atoms with Crippen molar-refractivity contribution in [1.82, 2.24) is 10.3 Å². The highest BCUT2D eigenvalue weighted by Crippen LogP contribution is 2.46. The van der Waals surface area contributed by atoms with E-state index in [0.717, 1.165) is 11.1 Å². The zero-order valence-corrected chi connectivity index (χ0v) is 26.3. The first-order valence-corrected chi connectivity index (χ1v) is 15.2. The lowest BCUT2D eigenvalue weighted by atomic mass is 9.71. The molecule has 0 spiro atoms. The number of ether oxygens (including phenoxy) is 2. The summed E-state index contributed by atoms with van der Waals surface area (Å²) >= 11 is 0. The van der Waals surface area contributed by atoms with Crippen LogP contribution in [0.3, 0.4) is 0 Å². The van der Waals surface area contributed by atoms with Gasteiger partial charge in [-0.1, -0.05) is 42.5 Å². The summed E-state index contributed by atoms with van der Waals surface area (Å²) in [6.45, 7) is 3.07. The van der Waals surface area contributed by atoms with Crippen LogP contribution >= 0.6 is 0 Å². The molecule has 0 bridgehead atoms. The van der Waals surface area contributed by atoms with Gasteiger partial charge in [0.2, 0.25) is 11.6 Å². The SMILES string of the molecule is COc1ccc(C2C(C(=O)Nc3ccc(C)cn3)=C(C)NC3=C2C(=O)CC(c2ccccc2)C3)cc1COc1c(F)c(F)cc(F)c1F. The number of dihydropyridines is 1. The molecule has 4 aromatic rings. The second kappa shape index (κ2) is 13.3. The van der Waals surface area contributed by atoms with E-state index in [2.05, 4.69) is 15.6 Å². The van der Waals surface area contributed by atoms with E-state index in [-0.39, 0.29) is 41.1 Å². The van der Waals surface area contributed by atoms with Gasteiger partial charge >= 0.3 is 0 Å². The lowest BCUT2D eigenvalue weighted by molar-refractivity contribution is -0.116. The Bertz CT molecular complexity index is 1950. The molecule has 1 amide bonds. The van der Waals surface area contributed by atoms with Gasteiger partial charge in [-0.05, 0) is 61.1 Å². The van der Waals surface area contributed by atoms with E-state index >= 15 is 0 Å². The maximum absolute atomic E-state index is 14.4. The van der Waals surface area contributed by atoms with Crippen LogP contribution in [0.1, 0.15) is 53.9 Å². The van der Waals surface area contributed by atoms with Crippen molar-refractivity contribution in [1.29, 1.82) is 0 Å². The summed E-state index contributed by atoms with van der Waals surface area (Å²) in [6, 6.07) is 18.1. The Morgan fingerprint density at radius 2 is 1.67 bits per heavy atom. The monoisotopic (exact) mass is 657 g/mol. The minimum absolute atomic E-state index is 0.0816. The fourth-order valence-corrected chi connectivity index (χ4v) is 6.28. The number of methoxy groups -OCH3 is 1. The molecular formula is C37H31F4N3O4. The van der Waals surface area contributed by atoms with Gasteiger partial charge in [0.15, 0.2) is 23.2 Å². The number of aryl methyl sites for hydroxylation is 1. The highest BCUT2D eigenvalue weighted by molar-refractivity contribution is 6.09. The lowest BCUT2D eigenvalue weighted by Crippen LogP contribution is -2.37. The second-order valence-corrected chi connectivity index (χ2v) is 11.8. The molecule has 2 aliphatic rings. The number of pyridine rings is 1. The Morgan fingerprint density at radius 3 is 2.33 bits per heavy atom. The number of carbonyl (C=O) groups is 2. The molecule has 7 nitrogen and oxygen atoms in total. The second-order valence-electron chi connectivity index (χ2n) is 11.8. The summed E-state index contributed by atoms with van der Waals surface area (Å²) < 4.78 is 67.3. The highest BCUT2D eigenvalue weighted by Gasteiger charge is 2.41. The van der Waals surface area contributed by atoms with Gasteiger partial charge in [-0.15, -0.1) is 0 Å². The fraction of sp³-hybridized carbons (Fsp3) is 0.216. The molecule has 1 aliphatic carbocycles. The molecule has 1 aromatic heterocycles. The van der Waals surface area contributed by atoms with Gasteiger partial charge in [0, 0.05) is 52.7 Å². The number of Topliss-reactive ketones (excluding diaryl/α,β-unsaturated/α-hetero) is 1. The molecule has 48 heavy (non-hydrogen) atoms. The van der Waals surface area contributed by atoms with Crippen LogP contribution in [0.2, 0.25) is 0 Å². The number of ketones is 1. The standard InChI is InChI=1S/C37H31F4N3O4/c1-19-9-12-30(42-17-19)44-37(46)31-20(2)43-27-14-23(21-7-5-4-6-8-21)15-28(45)33(27)32(31)22-10-11-29(47-3)24(13-22)18-48-36-34(40)25(38)16-26(39)35(36)41/h4-13,16-17,23,32,43H,14-15,18H2,1-3H3,(H,42,44,46). The first-order chi connectivity index (χ1) is 23.0. The Hall–Kier alpha value is -5.45. The molecule has 0 fully saturated rings. The Morgan fingerprint density at radius 1 is 0.938 bits per heavy atom. The smallest absolute Gasteiger partial charge is 0.255 e. The molecule has 2 unspecified atom stereocenters. The first kappa shape index (κ1) is 32.5. The van der Waals surface area contributed by atoms with Crippen LogP contribution in [0.15, 0.2) is 95.5 Å². The Kier molecular flexibility index (Phi) is 9.03. The van der Waals surface area contributed by atoms with Gasteiger partial charge in [0.05, 0.1) is 7.11 Å². The van der Waals surface area contributed by atoms with Gasteiger partial charge in [-0.3, -0.25) is 9.59 Å². The molecular weight excluding hydrogens is 626 g/mol. The molecule has 2 N–H and O–H groups in total. The van der Waals surface area contributed by atoms with Crippen molar-refractivity contribution in [2.75, 3.05) is 12.4 Å². The minimum atomic E-state index is -1.68. The van der Waals surface area contributed by atoms with E-state index in [9.17, 15) is 27.2 Å². The third kappa shape index (κ3) is 6.27. The molecule has 6 rings (SSSR count). The third-order valence-corrected chi connectivity index (χ3v) is 8.58. The summed E-state index contributed by atoms with van der Waals surface area (Å²) in [5.41, 5.74) is 4.55. The first-order valence-electron chi connectivity index (χ1n) is 15.2. The van der Waals surface area contributed by atoms with Crippen molar-refractivity contribution in [2.45, 2.75) is 45.1 Å². The van der Waals surface area contributed by atoms with Crippen LogP contribution in [0.5, 0.6) is 11.5 Å². The number of nitrogens with one attached hydrogen (secondary N) is 2. The average molecular weight is 658 g/mol. The van der Waals surface area contributed by atoms with Crippen molar-refractivity contribution in [3.05, 3.63) is 141 Å². The third-order valence-electron chi connectivity index (χ3n) is 8.58. The van der Waals surface area contributed by atoms with Crippen molar-refractivity contribution in [3.8, 4) is 11.5 Å². The molecule has 246 valence electrons. The van der Waals surface area contributed by atoms with Crippen LogP contribution in [-0.4, -0.2) is 23.8 Å². The van der Waals surface area contributed by atoms with Crippen LogP contribution < -0.4 is 20.1 Å². The van der Waals surface area contributed by atoms with Crippen molar-refractivity contribution < 1.29 is 36.6 Å². The molecule has 11 heteroatoms. The predicted molar refractivity (Wildman–Crippen MR) is 170 cm³/mol. The normalized spacial score (nSPS) is 17.5. The number of benzene rings is 3. The quantitative estimate of drug-likeness (QED) is 0.150. The number of hydrogen-bond donors (Lipinski definition) is 2. The molecule has 0 saturated carbocycles. The van der Waals surface area contributed by atoms with E-state index in [1.807, 2.05) is 37.3 Å². The summed E-state index contributed by atoms with van der Waals surface area (Å²) in [6.07, 6.45) is 2.35. The topological polar surface area (TPSA) is 89.5 Å². The fourth-order valence-electron chi connectivity index (χ4n) is 6.28. The van der Waals surface area contributed by atoms with Crippen LogP contribution in [-0.2, 0) is 16.2 Å². The lowest BCUT2D eigenvalue weighted by Gasteiger charge is -2.37. The van der Waals surface area contributed by atoms with E-state index in [4.69, 9.17) is 9.47 Å². The summed E-state index contributed by atoms with van der Waals surface area (Å²) in [4.78, 5) is 32.3. The van der Waals surface area contributed by atoms with Gasteiger partial charge in [0.25, 0.3) is 5.91 Å². The van der Waals surface area contributed by atoms with Crippen molar-refractivity contribution in [3.63, 3.8) is 0 Å². The summed E-state index contributed by atoms with van der Waals surface area (Å²) in [7, 11) is 1.37. The number of allylic oxidation sites excluding steroid dienone is 3. The Labute approximate surface area is 274 Å². The van der Waals surface area contributed by atoms with Gasteiger partial charge < -0.3 is 20.1 Å². The van der Waals surface area contributed by atoms with E-state index in [0.29, 0.717) is 34.8 Å². The molecule has 0 radical (unpaired) electrons. The van der Waals surface area contributed by atoms with Gasteiger partial charge in [-0.25, -0.2) is 13.8 Å².